The minimum atomic E-state index is 0. The molecule has 2 aromatic heterocycles. The van der Waals surface area contributed by atoms with Crippen molar-refractivity contribution >= 4 is 18.3 Å². The molecule has 1 aliphatic heterocycles. The van der Waals surface area contributed by atoms with Crippen molar-refractivity contribution in [3.8, 4) is 5.82 Å². The van der Waals surface area contributed by atoms with Crippen molar-refractivity contribution in [3.63, 3.8) is 0 Å². The van der Waals surface area contributed by atoms with Crippen LogP contribution in [0.1, 0.15) is 53.2 Å². The zero-order valence-corrected chi connectivity index (χ0v) is 17.1. The average Bonchev–Trinajstić information content (AvgIpc) is 3.30. The lowest BCUT2D eigenvalue weighted by Gasteiger charge is -2.32. The molecule has 0 atom stereocenters. The number of aromatic nitrogens is 2. The van der Waals surface area contributed by atoms with Gasteiger partial charge in [0.15, 0.2) is 5.82 Å². The highest BCUT2D eigenvalue weighted by molar-refractivity contribution is 5.96. The van der Waals surface area contributed by atoms with E-state index in [2.05, 4.69) is 10.5 Å². The second-order valence-electron chi connectivity index (χ2n) is 7.83. The second-order valence-corrected chi connectivity index (χ2v) is 7.83. The number of hydrogen-bond acceptors (Lipinski definition) is 4. The molecular weight excluding hydrogens is 364 g/mol. The van der Waals surface area contributed by atoms with Crippen LogP contribution in [0, 0.1) is 26.7 Å². The van der Waals surface area contributed by atoms with E-state index in [1.54, 1.807) is 0 Å². The molecule has 3 heterocycles. The lowest BCUT2D eigenvalue weighted by Crippen LogP contribution is -2.45. The predicted octanol–water partition coefficient (Wildman–Crippen LogP) is 3.42. The number of piperidine rings is 1. The van der Waals surface area contributed by atoms with Crippen molar-refractivity contribution in [3.05, 3.63) is 34.8 Å². The van der Waals surface area contributed by atoms with Crippen LogP contribution < -0.4 is 5.32 Å². The lowest BCUT2D eigenvalue weighted by atomic mass is 10.0. The van der Waals surface area contributed by atoms with Crippen molar-refractivity contribution in [2.75, 3.05) is 19.6 Å². The Morgan fingerprint density at radius 3 is 2.48 bits per heavy atom. The van der Waals surface area contributed by atoms with E-state index in [1.807, 2.05) is 42.4 Å². The van der Waals surface area contributed by atoms with E-state index in [0.717, 1.165) is 66.9 Å². The van der Waals surface area contributed by atoms with E-state index in [0.29, 0.717) is 6.04 Å². The average molecular weight is 393 g/mol. The Morgan fingerprint density at radius 1 is 1.19 bits per heavy atom. The lowest BCUT2D eigenvalue weighted by molar-refractivity contribution is 0.0704. The first-order chi connectivity index (χ1) is 12.5. The molecule has 1 aliphatic carbocycles. The van der Waals surface area contributed by atoms with Gasteiger partial charge < -0.3 is 14.7 Å². The standard InChI is InChI=1S/C20H28N4O2.ClH/c1-13-10-18(15(3)24(13)19-11-14(2)26-22-19)20(25)23-8-6-17(7-9-23)21-12-16-4-5-16;/h10-11,16-17,21H,4-9,12H2,1-3H3;1H. The van der Waals surface area contributed by atoms with Crippen LogP contribution in [0.25, 0.3) is 5.82 Å². The van der Waals surface area contributed by atoms with Crippen LogP contribution >= 0.6 is 12.4 Å². The molecule has 1 N–H and O–H groups in total. The topological polar surface area (TPSA) is 63.3 Å². The van der Waals surface area contributed by atoms with Gasteiger partial charge in [-0.25, -0.2) is 0 Å². The highest BCUT2D eigenvalue weighted by Crippen LogP contribution is 2.28. The van der Waals surface area contributed by atoms with Crippen molar-refractivity contribution in [1.29, 1.82) is 0 Å². The first-order valence-corrected chi connectivity index (χ1v) is 9.68. The zero-order valence-electron chi connectivity index (χ0n) is 16.3. The highest BCUT2D eigenvalue weighted by atomic mass is 35.5. The van der Waals surface area contributed by atoms with Gasteiger partial charge in [0, 0.05) is 36.6 Å². The molecule has 1 amide bonds. The Kier molecular flexibility index (Phi) is 5.96. The first-order valence-electron chi connectivity index (χ1n) is 9.68. The van der Waals surface area contributed by atoms with Crippen LogP contribution in [0.3, 0.4) is 0 Å². The summed E-state index contributed by atoms with van der Waals surface area (Å²) in [6, 6.07) is 4.43. The molecule has 0 unspecified atom stereocenters. The largest absolute Gasteiger partial charge is 0.360 e. The molecule has 0 spiro atoms. The van der Waals surface area contributed by atoms with Crippen LogP contribution in [0.4, 0.5) is 0 Å². The molecule has 1 saturated heterocycles. The number of nitrogens with zero attached hydrogens (tertiary/aromatic N) is 3. The summed E-state index contributed by atoms with van der Waals surface area (Å²) < 4.78 is 7.19. The van der Waals surface area contributed by atoms with Crippen LogP contribution in [0.5, 0.6) is 0 Å². The third kappa shape index (κ3) is 4.22. The smallest absolute Gasteiger partial charge is 0.255 e. The normalized spacial score (nSPS) is 17.8. The maximum atomic E-state index is 13.1. The van der Waals surface area contributed by atoms with Gasteiger partial charge in [-0.15, -0.1) is 12.4 Å². The minimum Gasteiger partial charge on any atom is -0.360 e. The Balaban J connectivity index is 0.00000210. The van der Waals surface area contributed by atoms with E-state index in [1.165, 1.54) is 12.8 Å². The van der Waals surface area contributed by atoms with Gasteiger partial charge in [-0.1, -0.05) is 5.16 Å². The predicted molar refractivity (Wildman–Crippen MR) is 107 cm³/mol. The van der Waals surface area contributed by atoms with E-state index in [-0.39, 0.29) is 18.3 Å². The summed E-state index contributed by atoms with van der Waals surface area (Å²) in [5.41, 5.74) is 2.70. The maximum absolute atomic E-state index is 13.1. The Bertz CT molecular complexity index is 801. The van der Waals surface area contributed by atoms with E-state index in [9.17, 15) is 4.79 Å². The molecule has 0 radical (unpaired) electrons. The molecule has 7 heteroatoms. The number of nitrogens with one attached hydrogen (secondary N) is 1. The van der Waals surface area contributed by atoms with Crippen molar-refractivity contribution < 1.29 is 9.32 Å². The summed E-state index contributed by atoms with van der Waals surface area (Å²) in [5, 5.41) is 7.77. The molecule has 6 nitrogen and oxygen atoms in total. The van der Waals surface area contributed by atoms with E-state index >= 15 is 0 Å². The Labute approximate surface area is 166 Å². The van der Waals surface area contributed by atoms with E-state index < -0.39 is 0 Å². The summed E-state index contributed by atoms with van der Waals surface area (Å²) in [5.74, 6) is 2.53. The molecule has 0 bridgehead atoms. The molecule has 2 aromatic rings. The molecule has 0 aromatic carbocycles. The Hall–Kier alpha value is -1.79. The molecule has 1 saturated carbocycles. The Morgan fingerprint density at radius 2 is 1.89 bits per heavy atom. The van der Waals surface area contributed by atoms with Gasteiger partial charge in [-0.05, 0) is 65.0 Å². The number of amides is 1. The van der Waals surface area contributed by atoms with Gasteiger partial charge in [0.2, 0.25) is 0 Å². The van der Waals surface area contributed by atoms with Crippen molar-refractivity contribution in [1.82, 2.24) is 19.9 Å². The second kappa shape index (κ2) is 8.07. The number of rotatable bonds is 5. The van der Waals surface area contributed by atoms with Crippen LogP contribution in [-0.2, 0) is 0 Å². The van der Waals surface area contributed by atoms with E-state index in [4.69, 9.17) is 4.52 Å². The van der Waals surface area contributed by atoms with Gasteiger partial charge in [0.25, 0.3) is 5.91 Å². The fourth-order valence-corrected chi connectivity index (χ4v) is 3.90. The third-order valence-electron chi connectivity index (χ3n) is 5.68. The summed E-state index contributed by atoms with van der Waals surface area (Å²) in [4.78, 5) is 15.0. The number of carbonyl (C=O) groups excluding carboxylic acids is 1. The van der Waals surface area contributed by atoms with Crippen molar-refractivity contribution in [2.24, 2.45) is 5.92 Å². The summed E-state index contributed by atoms with van der Waals surface area (Å²) in [7, 11) is 0. The molecule has 2 fully saturated rings. The number of likely N-dealkylation sites (tertiary alicyclic amines) is 1. The number of hydrogen-bond donors (Lipinski definition) is 1. The van der Waals surface area contributed by atoms with Crippen LogP contribution in [-0.4, -0.2) is 46.2 Å². The minimum absolute atomic E-state index is 0. The van der Waals surface area contributed by atoms with Gasteiger partial charge in [-0.3, -0.25) is 9.36 Å². The SMILES string of the molecule is Cc1cc(-n2c(C)cc(C(=O)N3CCC(NCC4CC4)CC3)c2C)no1.Cl. The monoisotopic (exact) mass is 392 g/mol. The summed E-state index contributed by atoms with van der Waals surface area (Å²) in [6.07, 6.45) is 4.84. The van der Waals surface area contributed by atoms with Gasteiger partial charge in [0.05, 0.1) is 5.56 Å². The number of carbonyl (C=O) groups is 1. The third-order valence-corrected chi connectivity index (χ3v) is 5.68. The molecule has 4 rings (SSSR count). The summed E-state index contributed by atoms with van der Waals surface area (Å²) in [6.45, 7) is 8.66. The van der Waals surface area contributed by atoms with Gasteiger partial charge >= 0.3 is 0 Å². The fraction of sp³-hybridized carbons (Fsp3) is 0.600. The van der Waals surface area contributed by atoms with Gasteiger partial charge in [0.1, 0.15) is 5.76 Å². The summed E-state index contributed by atoms with van der Waals surface area (Å²) >= 11 is 0. The molecular formula is C20H29ClN4O2. The van der Waals surface area contributed by atoms with Crippen molar-refractivity contribution in [2.45, 2.75) is 52.5 Å². The fourth-order valence-electron chi connectivity index (χ4n) is 3.90. The van der Waals surface area contributed by atoms with Crippen LogP contribution in [0.15, 0.2) is 16.7 Å². The highest BCUT2D eigenvalue weighted by Gasteiger charge is 2.28. The zero-order chi connectivity index (χ0) is 18.3. The number of halogens is 1. The maximum Gasteiger partial charge on any atom is 0.255 e. The molecule has 27 heavy (non-hydrogen) atoms. The first kappa shape index (κ1) is 20.0. The molecule has 148 valence electrons. The molecule has 2 aliphatic rings. The number of aryl methyl sites for hydroxylation is 2. The van der Waals surface area contributed by atoms with Gasteiger partial charge in [-0.2, -0.15) is 0 Å². The quantitative estimate of drug-likeness (QED) is 0.846. The van der Waals surface area contributed by atoms with Crippen LogP contribution in [0.2, 0.25) is 0 Å².